The average Bonchev–Trinajstić information content (AvgIpc) is 3.55. The van der Waals surface area contributed by atoms with Crippen molar-refractivity contribution >= 4 is 27.6 Å². The molecule has 0 aliphatic rings. The highest BCUT2D eigenvalue weighted by Crippen LogP contribution is 2.41. The van der Waals surface area contributed by atoms with Crippen molar-refractivity contribution in [2.75, 3.05) is 19.8 Å². The Morgan fingerprint density at radius 3 is 2.52 bits per heavy atom. The van der Waals surface area contributed by atoms with Gasteiger partial charge in [-0.3, -0.25) is 4.68 Å². The summed E-state index contributed by atoms with van der Waals surface area (Å²) in [5.74, 6) is 0.498. The molecule has 8 nitrogen and oxygen atoms in total. The van der Waals surface area contributed by atoms with Gasteiger partial charge in [-0.25, -0.2) is 4.79 Å². The first-order valence-electron chi connectivity index (χ1n) is 16.7. The summed E-state index contributed by atoms with van der Waals surface area (Å²) in [6.07, 6.45) is 4.91. The van der Waals surface area contributed by atoms with Gasteiger partial charge in [-0.1, -0.05) is 60.7 Å². The lowest BCUT2D eigenvalue weighted by Gasteiger charge is -2.16. The van der Waals surface area contributed by atoms with E-state index in [1.54, 1.807) is 6.08 Å². The standard InChI is InChI=1S/C40H47N3O5/c1-8-22-43-38-32(21-20-28(6)36(38)37-33(25-48-27(4)5)41-42(7)34(37)26-45-23-9-2)31(39(43)40(44)46-10-3)18-14-24-47-35-19-13-16-29-15-11-12-17-30(29)35/h8-9,11-13,15-17,19-21,27H,1-2,10,14,18,22-26H2,3-7H3. The Kier molecular flexibility index (Phi) is 11.5. The van der Waals surface area contributed by atoms with Crippen LogP contribution in [0.15, 0.2) is 79.9 Å². The van der Waals surface area contributed by atoms with Crippen molar-refractivity contribution in [2.45, 2.75) is 66.4 Å². The summed E-state index contributed by atoms with van der Waals surface area (Å²) in [6.45, 7) is 18.1. The summed E-state index contributed by atoms with van der Waals surface area (Å²) in [7, 11) is 1.93. The molecular formula is C40H47N3O5. The highest BCUT2D eigenvalue weighted by atomic mass is 16.5. The number of hydrogen-bond donors (Lipinski definition) is 0. The lowest BCUT2D eigenvalue weighted by molar-refractivity contribution is 0.0513. The summed E-state index contributed by atoms with van der Waals surface area (Å²) in [4.78, 5) is 13.8. The van der Waals surface area contributed by atoms with E-state index in [0.717, 1.165) is 61.1 Å². The molecule has 0 saturated heterocycles. The van der Waals surface area contributed by atoms with Gasteiger partial charge in [0.05, 0.1) is 56.0 Å². The molecule has 8 heteroatoms. The number of carbonyl (C=O) groups is 1. The van der Waals surface area contributed by atoms with E-state index in [1.165, 1.54) is 0 Å². The maximum Gasteiger partial charge on any atom is 0.355 e. The predicted molar refractivity (Wildman–Crippen MR) is 193 cm³/mol. The number of esters is 1. The van der Waals surface area contributed by atoms with E-state index in [4.69, 9.17) is 24.0 Å². The zero-order chi connectivity index (χ0) is 34.2. The lowest BCUT2D eigenvalue weighted by Crippen LogP contribution is -2.14. The molecule has 0 aliphatic carbocycles. The van der Waals surface area contributed by atoms with Gasteiger partial charge in [-0.15, -0.1) is 13.2 Å². The van der Waals surface area contributed by atoms with Gasteiger partial charge in [0.1, 0.15) is 11.4 Å². The van der Waals surface area contributed by atoms with Crippen LogP contribution in [0, 0.1) is 6.92 Å². The highest BCUT2D eigenvalue weighted by molar-refractivity contribution is 6.05. The van der Waals surface area contributed by atoms with E-state index >= 15 is 0 Å². The fourth-order valence-corrected chi connectivity index (χ4v) is 6.34. The number of nitrogens with zero attached hydrogens (tertiary/aromatic N) is 3. The second kappa shape index (κ2) is 16.0. The van der Waals surface area contributed by atoms with Gasteiger partial charge in [0.25, 0.3) is 0 Å². The number of allylic oxidation sites excluding steroid dienone is 1. The molecule has 0 aliphatic heterocycles. The van der Waals surface area contributed by atoms with Crippen molar-refractivity contribution in [1.29, 1.82) is 0 Å². The molecule has 0 fully saturated rings. The Morgan fingerprint density at radius 2 is 1.77 bits per heavy atom. The number of benzene rings is 3. The minimum Gasteiger partial charge on any atom is -0.493 e. The summed E-state index contributed by atoms with van der Waals surface area (Å²) >= 11 is 0. The SMILES string of the molecule is C=CCOCc1c(-c2c(C)ccc3c(CCCOc4cccc5ccccc45)c(C(=O)OCC)n(CC=C)c23)c(COC(C)C)nn1C. The van der Waals surface area contributed by atoms with Gasteiger partial charge in [-0.05, 0) is 63.1 Å². The Hall–Kier alpha value is -4.66. The van der Waals surface area contributed by atoms with E-state index in [-0.39, 0.29) is 18.7 Å². The average molecular weight is 650 g/mol. The summed E-state index contributed by atoms with van der Waals surface area (Å²) in [5, 5.41) is 8.12. The fraction of sp³-hybridized carbons (Fsp3) is 0.350. The van der Waals surface area contributed by atoms with Gasteiger partial charge in [0, 0.05) is 35.5 Å². The van der Waals surface area contributed by atoms with E-state index in [0.29, 0.717) is 51.5 Å². The fourth-order valence-electron chi connectivity index (χ4n) is 6.34. The Morgan fingerprint density at radius 1 is 0.979 bits per heavy atom. The smallest absolute Gasteiger partial charge is 0.355 e. The third-order valence-electron chi connectivity index (χ3n) is 8.41. The summed E-state index contributed by atoms with van der Waals surface area (Å²) in [5.41, 5.74) is 7.14. The molecule has 0 amide bonds. The van der Waals surface area contributed by atoms with Crippen molar-refractivity contribution in [3.05, 3.63) is 108 Å². The quantitative estimate of drug-likeness (QED) is 0.0571. The molecule has 0 N–H and O–H groups in total. The van der Waals surface area contributed by atoms with Crippen LogP contribution in [0.3, 0.4) is 0 Å². The summed E-state index contributed by atoms with van der Waals surface area (Å²) < 4.78 is 28.0. The normalized spacial score (nSPS) is 11.5. The molecule has 48 heavy (non-hydrogen) atoms. The Labute approximate surface area is 283 Å². The van der Waals surface area contributed by atoms with Crippen LogP contribution in [0.5, 0.6) is 5.75 Å². The molecule has 0 unspecified atom stereocenters. The molecule has 0 spiro atoms. The van der Waals surface area contributed by atoms with Gasteiger partial charge in [0.2, 0.25) is 0 Å². The molecule has 0 bridgehead atoms. The van der Waals surface area contributed by atoms with Crippen LogP contribution < -0.4 is 4.74 Å². The first kappa shape index (κ1) is 34.7. The van der Waals surface area contributed by atoms with E-state index < -0.39 is 0 Å². The third-order valence-corrected chi connectivity index (χ3v) is 8.41. The topological polar surface area (TPSA) is 76.7 Å². The van der Waals surface area contributed by atoms with E-state index in [2.05, 4.69) is 55.0 Å². The molecule has 0 atom stereocenters. The van der Waals surface area contributed by atoms with Crippen LogP contribution in [0.2, 0.25) is 0 Å². The maximum absolute atomic E-state index is 13.8. The molecule has 3 aromatic carbocycles. The molecular weight excluding hydrogens is 602 g/mol. The molecule has 5 rings (SSSR count). The van der Waals surface area contributed by atoms with Crippen molar-refractivity contribution in [3.63, 3.8) is 0 Å². The predicted octanol–water partition coefficient (Wildman–Crippen LogP) is 8.51. The first-order chi connectivity index (χ1) is 23.3. The molecule has 0 radical (unpaired) electrons. The number of rotatable bonds is 17. The van der Waals surface area contributed by atoms with Crippen LogP contribution in [-0.2, 0) is 47.4 Å². The largest absolute Gasteiger partial charge is 0.493 e. The van der Waals surface area contributed by atoms with Crippen LogP contribution in [0.25, 0.3) is 32.8 Å². The number of carbonyl (C=O) groups excluding carboxylic acids is 1. The van der Waals surface area contributed by atoms with Crippen LogP contribution in [0.4, 0.5) is 0 Å². The second-order valence-electron chi connectivity index (χ2n) is 12.1. The van der Waals surface area contributed by atoms with Gasteiger partial charge in [-0.2, -0.15) is 5.10 Å². The third kappa shape index (κ3) is 7.25. The molecule has 2 heterocycles. The Balaban J connectivity index is 1.64. The van der Waals surface area contributed by atoms with Crippen molar-refractivity contribution in [2.24, 2.45) is 7.05 Å². The number of aryl methyl sites for hydroxylation is 3. The minimum atomic E-state index is -0.354. The molecule has 252 valence electrons. The van der Waals surface area contributed by atoms with Gasteiger partial charge >= 0.3 is 5.97 Å². The van der Waals surface area contributed by atoms with Crippen molar-refractivity contribution < 1.29 is 23.7 Å². The zero-order valence-electron chi connectivity index (χ0n) is 28.9. The molecule has 5 aromatic rings. The number of fused-ring (bicyclic) bond motifs is 2. The van der Waals surface area contributed by atoms with Gasteiger partial charge in [0.15, 0.2) is 0 Å². The Bertz CT molecular complexity index is 1910. The first-order valence-corrected chi connectivity index (χ1v) is 16.7. The minimum absolute atomic E-state index is 0.0277. The molecule has 2 aromatic heterocycles. The zero-order valence-corrected chi connectivity index (χ0v) is 28.9. The van der Waals surface area contributed by atoms with Crippen molar-refractivity contribution in [1.82, 2.24) is 14.3 Å². The molecule has 0 saturated carbocycles. The second-order valence-corrected chi connectivity index (χ2v) is 12.1. The van der Waals surface area contributed by atoms with Crippen LogP contribution >= 0.6 is 0 Å². The van der Waals surface area contributed by atoms with Crippen molar-refractivity contribution in [3.8, 4) is 16.9 Å². The number of aromatic nitrogens is 3. The summed E-state index contributed by atoms with van der Waals surface area (Å²) in [6, 6.07) is 18.5. The number of hydrogen-bond acceptors (Lipinski definition) is 6. The lowest BCUT2D eigenvalue weighted by atomic mass is 9.94. The monoisotopic (exact) mass is 649 g/mol. The highest BCUT2D eigenvalue weighted by Gasteiger charge is 2.29. The van der Waals surface area contributed by atoms with Crippen LogP contribution in [-0.4, -0.2) is 46.2 Å². The van der Waals surface area contributed by atoms with E-state index in [9.17, 15) is 4.79 Å². The van der Waals surface area contributed by atoms with Gasteiger partial charge < -0.3 is 23.5 Å². The van der Waals surface area contributed by atoms with Crippen LogP contribution in [0.1, 0.15) is 60.2 Å². The maximum atomic E-state index is 13.8. The van der Waals surface area contributed by atoms with E-state index in [1.807, 2.05) is 62.8 Å². The number of ether oxygens (including phenoxy) is 4.